The Morgan fingerprint density at radius 2 is 1.83 bits per heavy atom. The highest BCUT2D eigenvalue weighted by Crippen LogP contribution is 2.13. The lowest BCUT2D eigenvalue weighted by Gasteiger charge is -2.18. The first kappa shape index (κ1) is 8.92. The Hall–Kier alpha value is -1.18. The van der Waals surface area contributed by atoms with Crippen LogP contribution in [-0.2, 0) is 0 Å². The van der Waals surface area contributed by atoms with Crippen LogP contribution in [0.1, 0.15) is 6.92 Å². The zero-order chi connectivity index (χ0) is 9.14. The Morgan fingerprint density at radius 1 is 1.33 bits per heavy atom. The SMILES string of the molecule is Bc1ccc(N(C)C(=C)C)cc1. The number of rotatable bonds is 2. The second-order valence-electron chi connectivity index (χ2n) is 3.13. The predicted molar refractivity (Wildman–Crippen MR) is 57.8 cm³/mol. The topological polar surface area (TPSA) is 3.24 Å². The molecule has 0 saturated heterocycles. The van der Waals surface area contributed by atoms with E-state index in [1.165, 1.54) is 11.2 Å². The van der Waals surface area contributed by atoms with Crippen molar-refractivity contribution in [2.45, 2.75) is 6.92 Å². The van der Waals surface area contributed by atoms with Gasteiger partial charge < -0.3 is 4.90 Å². The highest BCUT2D eigenvalue weighted by molar-refractivity contribution is 6.32. The summed E-state index contributed by atoms with van der Waals surface area (Å²) in [5.74, 6) is 0. The largest absolute Gasteiger partial charge is 0.349 e. The molecule has 1 rings (SSSR count). The highest BCUT2D eigenvalue weighted by Gasteiger charge is 1.98. The Kier molecular flexibility index (Phi) is 2.59. The van der Waals surface area contributed by atoms with Crippen LogP contribution in [0.3, 0.4) is 0 Å². The number of hydrogen-bond acceptors (Lipinski definition) is 1. The van der Waals surface area contributed by atoms with Gasteiger partial charge in [0.1, 0.15) is 7.85 Å². The fourth-order valence-electron chi connectivity index (χ4n) is 0.989. The molecule has 0 bridgehead atoms. The van der Waals surface area contributed by atoms with Crippen molar-refractivity contribution < 1.29 is 0 Å². The van der Waals surface area contributed by atoms with E-state index in [2.05, 4.69) is 43.6 Å². The smallest absolute Gasteiger partial charge is 0.139 e. The quantitative estimate of drug-likeness (QED) is 0.580. The summed E-state index contributed by atoms with van der Waals surface area (Å²) < 4.78 is 0. The zero-order valence-electron chi connectivity index (χ0n) is 7.96. The average molecular weight is 159 g/mol. The molecule has 12 heavy (non-hydrogen) atoms. The van der Waals surface area contributed by atoms with Gasteiger partial charge in [-0.2, -0.15) is 0 Å². The third-order valence-electron chi connectivity index (χ3n) is 1.99. The Bertz CT molecular complexity index is 276. The molecule has 0 atom stereocenters. The van der Waals surface area contributed by atoms with Crippen LogP contribution in [0.4, 0.5) is 5.69 Å². The minimum atomic E-state index is 1.05. The second kappa shape index (κ2) is 3.48. The molecule has 0 amide bonds. The highest BCUT2D eigenvalue weighted by atomic mass is 15.1. The van der Waals surface area contributed by atoms with Gasteiger partial charge in [0.25, 0.3) is 0 Å². The lowest BCUT2D eigenvalue weighted by Crippen LogP contribution is -2.14. The fourth-order valence-corrected chi connectivity index (χ4v) is 0.989. The summed E-state index contributed by atoms with van der Waals surface area (Å²) in [5, 5.41) is 0. The third-order valence-corrected chi connectivity index (χ3v) is 1.99. The summed E-state index contributed by atoms with van der Waals surface area (Å²) in [7, 11) is 4.11. The van der Waals surface area contributed by atoms with E-state index in [0.29, 0.717) is 0 Å². The van der Waals surface area contributed by atoms with Gasteiger partial charge in [-0.25, -0.2) is 0 Å². The second-order valence-corrected chi connectivity index (χ2v) is 3.13. The Labute approximate surface area is 75.1 Å². The third kappa shape index (κ3) is 1.91. The normalized spacial score (nSPS) is 9.50. The van der Waals surface area contributed by atoms with Crippen molar-refractivity contribution >= 4 is 19.0 Å². The van der Waals surface area contributed by atoms with Gasteiger partial charge in [-0.3, -0.25) is 0 Å². The van der Waals surface area contributed by atoms with Crippen molar-refractivity contribution in [3.05, 3.63) is 36.5 Å². The summed E-state index contributed by atoms with van der Waals surface area (Å²) in [6, 6.07) is 8.41. The summed E-state index contributed by atoms with van der Waals surface area (Å²) in [5.41, 5.74) is 3.53. The summed E-state index contributed by atoms with van der Waals surface area (Å²) in [4.78, 5) is 2.07. The van der Waals surface area contributed by atoms with E-state index in [1.54, 1.807) is 0 Å². The molecule has 0 spiro atoms. The van der Waals surface area contributed by atoms with Crippen LogP contribution in [0.5, 0.6) is 0 Å². The monoisotopic (exact) mass is 159 g/mol. The molecule has 0 N–H and O–H groups in total. The van der Waals surface area contributed by atoms with Crippen molar-refractivity contribution in [2.24, 2.45) is 0 Å². The van der Waals surface area contributed by atoms with Crippen LogP contribution in [0.15, 0.2) is 36.5 Å². The fraction of sp³-hybridized carbons (Fsp3) is 0.200. The first-order chi connectivity index (χ1) is 5.61. The molecule has 1 aromatic carbocycles. The van der Waals surface area contributed by atoms with E-state index in [9.17, 15) is 0 Å². The first-order valence-corrected chi connectivity index (χ1v) is 4.07. The maximum absolute atomic E-state index is 3.88. The van der Waals surface area contributed by atoms with E-state index < -0.39 is 0 Å². The molecular weight excluding hydrogens is 145 g/mol. The van der Waals surface area contributed by atoms with Gasteiger partial charge in [0.15, 0.2) is 0 Å². The van der Waals surface area contributed by atoms with Crippen molar-refractivity contribution in [2.75, 3.05) is 11.9 Å². The van der Waals surface area contributed by atoms with Gasteiger partial charge in [0.2, 0.25) is 0 Å². The number of hydrogen-bond donors (Lipinski definition) is 0. The lowest BCUT2D eigenvalue weighted by atomic mass is 9.96. The predicted octanol–water partition coefficient (Wildman–Crippen LogP) is 0.915. The minimum absolute atomic E-state index is 1.05. The lowest BCUT2D eigenvalue weighted by molar-refractivity contribution is 1.10. The summed E-state index contributed by atoms with van der Waals surface area (Å²) in [6.45, 7) is 5.88. The molecule has 0 aliphatic heterocycles. The van der Waals surface area contributed by atoms with Crippen molar-refractivity contribution in [1.82, 2.24) is 0 Å². The number of nitrogens with zero attached hydrogens (tertiary/aromatic N) is 1. The molecule has 2 heteroatoms. The van der Waals surface area contributed by atoms with E-state index >= 15 is 0 Å². The van der Waals surface area contributed by atoms with Crippen LogP contribution in [0, 0.1) is 0 Å². The summed E-state index contributed by atoms with van der Waals surface area (Å²) in [6.07, 6.45) is 0. The van der Waals surface area contributed by atoms with E-state index in [4.69, 9.17) is 0 Å². The average Bonchev–Trinajstić information content (AvgIpc) is 2.04. The van der Waals surface area contributed by atoms with Crippen LogP contribution < -0.4 is 10.4 Å². The molecular formula is C10H14BN. The Balaban J connectivity index is 2.89. The number of allylic oxidation sites excluding steroid dienone is 1. The van der Waals surface area contributed by atoms with Crippen molar-refractivity contribution in [3.63, 3.8) is 0 Å². The van der Waals surface area contributed by atoms with Gasteiger partial charge in [-0.1, -0.05) is 24.2 Å². The minimum Gasteiger partial charge on any atom is -0.349 e. The molecule has 0 radical (unpaired) electrons. The molecule has 0 aliphatic carbocycles. The van der Waals surface area contributed by atoms with Crippen LogP contribution in [-0.4, -0.2) is 14.9 Å². The zero-order valence-corrected chi connectivity index (χ0v) is 7.96. The summed E-state index contributed by atoms with van der Waals surface area (Å²) >= 11 is 0. The number of anilines is 1. The molecule has 0 fully saturated rings. The molecule has 0 heterocycles. The van der Waals surface area contributed by atoms with Gasteiger partial charge >= 0.3 is 0 Å². The van der Waals surface area contributed by atoms with Gasteiger partial charge in [-0.15, -0.1) is 0 Å². The standard InChI is InChI=1S/C10H14BN/c1-8(2)12(3)10-6-4-9(11)5-7-10/h4-7H,1,11H2,2-3H3. The van der Waals surface area contributed by atoms with E-state index in [0.717, 1.165) is 5.70 Å². The van der Waals surface area contributed by atoms with Crippen molar-refractivity contribution in [1.29, 1.82) is 0 Å². The van der Waals surface area contributed by atoms with Gasteiger partial charge in [0, 0.05) is 18.4 Å². The van der Waals surface area contributed by atoms with E-state index in [1.807, 2.05) is 14.0 Å². The van der Waals surface area contributed by atoms with Gasteiger partial charge in [-0.05, 0) is 19.1 Å². The van der Waals surface area contributed by atoms with Crippen molar-refractivity contribution in [3.8, 4) is 0 Å². The molecule has 0 aromatic heterocycles. The van der Waals surface area contributed by atoms with Crippen LogP contribution in [0.2, 0.25) is 0 Å². The van der Waals surface area contributed by atoms with Crippen LogP contribution in [0.25, 0.3) is 0 Å². The molecule has 0 aliphatic rings. The molecule has 1 aromatic rings. The maximum atomic E-state index is 3.88. The Morgan fingerprint density at radius 3 is 2.25 bits per heavy atom. The molecule has 62 valence electrons. The molecule has 0 unspecified atom stereocenters. The van der Waals surface area contributed by atoms with E-state index in [-0.39, 0.29) is 0 Å². The molecule has 1 nitrogen and oxygen atoms in total. The molecule has 0 saturated carbocycles. The first-order valence-electron chi connectivity index (χ1n) is 4.07. The van der Waals surface area contributed by atoms with Gasteiger partial charge in [0.05, 0.1) is 0 Å². The van der Waals surface area contributed by atoms with Crippen LogP contribution >= 0.6 is 0 Å². The maximum Gasteiger partial charge on any atom is 0.139 e. The number of benzene rings is 1.